The molecule has 196 valence electrons. The summed E-state index contributed by atoms with van der Waals surface area (Å²) >= 11 is 0. The SMILES string of the molecule is COc1cccc(C(=O)N[C@@H]2CCCC[C@@H]2C(=O)N2CC[C@H]3[C@H](c4ccccc4)Nc4ccccc4[C@@H]32)c1. The van der Waals surface area contributed by atoms with Crippen LogP contribution >= 0.6 is 0 Å². The number of carbonyl (C=O) groups excluding carboxylic acids is 2. The van der Waals surface area contributed by atoms with Crippen LogP contribution in [0.3, 0.4) is 0 Å². The van der Waals surface area contributed by atoms with Crippen LogP contribution in [0.25, 0.3) is 0 Å². The lowest BCUT2D eigenvalue weighted by atomic mass is 9.79. The number of rotatable bonds is 5. The van der Waals surface area contributed by atoms with E-state index in [4.69, 9.17) is 4.74 Å². The van der Waals surface area contributed by atoms with Gasteiger partial charge in [0, 0.05) is 29.8 Å². The molecule has 6 nitrogen and oxygen atoms in total. The van der Waals surface area contributed by atoms with Crippen molar-refractivity contribution in [3.05, 3.63) is 95.6 Å². The summed E-state index contributed by atoms with van der Waals surface area (Å²) in [7, 11) is 1.59. The average molecular weight is 510 g/mol. The molecule has 1 saturated heterocycles. The van der Waals surface area contributed by atoms with E-state index in [1.807, 2.05) is 18.2 Å². The fourth-order valence-corrected chi connectivity index (χ4v) is 6.79. The molecule has 2 aliphatic heterocycles. The van der Waals surface area contributed by atoms with Crippen LogP contribution < -0.4 is 15.4 Å². The van der Waals surface area contributed by atoms with Crippen molar-refractivity contribution < 1.29 is 14.3 Å². The minimum atomic E-state index is -0.214. The zero-order valence-electron chi connectivity index (χ0n) is 21.8. The Bertz CT molecular complexity index is 1310. The van der Waals surface area contributed by atoms with Gasteiger partial charge in [0.05, 0.1) is 25.1 Å². The summed E-state index contributed by atoms with van der Waals surface area (Å²) in [5.41, 5.74) is 4.12. The van der Waals surface area contributed by atoms with Crippen LogP contribution in [-0.2, 0) is 4.79 Å². The van der Waals surface area contributed by atoms with Crippen LogP contribution in [0.5, 0.6) is 5.75 Å². The highest BCUT2D eigenvalue weighted by Gasteiger charge is 2.48. The summed E-state index contributed by atoms with van der Waals surface area (Å²) in [6, 6.07) is 26.2. The van der Waals surface area contributed by atoms with Crippen LogP contribution in [-0.4, -0.2) is 36.4 Å². The molecule has 5 atom stereocenters. The Labute approximate surface area is 224 Å². The van der Waals surface area contributed by atoms with E-state index in [2.05, 4.69) is 64.1 Å². The number of nitrogens with zero attached hydrogens (tertiary/aromatic N) is 1. The molecular weight excluding hydrogens is 474 g/mol. The predicted molar refractivity (Wildman–Crippen MR) is 148 cm³/mol. The fraction of sp³-hybridized carbons (Fsp3) is 0.375. The van der Waals surface area contributed by atoms with Crippen molar-refractivity contribution in [1.82, 2.24) is 10.2 Å². The first-order chi connectivity index (χ1) is 18.6. The van der Waals surface area contributed by atoms with Crippen molar-refractivity contribution in [1.29, 1.82) is 0 Å². The van der Waals surface area contributed by atoms with E-state index in [-0.39, 0.29) is 35.9 Å². The van der Waals surface area contributed by atoms with Crippen molar-refractivity contribution in [3.8, 4) is 5.75 Å². The van der Waals surface area contributed by atoms with E-state index in [0.29, 0.717) is 17.2 Å². The number of para-hydroxylation sites is 1. The molecule has 0 aromatic heterocycles. The number of fused-ring (bicyclic) bond motifs is 3. The highest BCUT2D eigenvalue weighted by molar-refractivity contribution is 5.95. The highest BCUT2D eigenvalue weighted by atomic mass is 16.5. The molecule has 0 spiro atoms. The van der Waals surface area contributed by atoms with Crippen molar-refractivity contribution in [2.45, 2.75) is 50.2 Å². The van der Waals surface area contributed by atoms with Crippen molar-refractivity contribution in [3.63, 3.8) is 0 Å². The maximum absolute atomic E-state index is 14.3. The molecule has 1 saturated carbocycles. The Hall–Kier alpha value is -3.80. The Morgan fingerprint density at radius 3 is 2.55 bits per heavy atom. The lowest BCUT2D eigenvalue weighted by Crippen LogP contribution is -2.50. The molecule has 38 heavy (non-hydrogen) atoms. The van der Waals surface area contributed by atoms with Gasteiger partial charge in [0.15, 0.2) is 0 Å². The maximum atomic E-state index is 14.3. The van der Waals surface area contributed by atoms with Gasteiger partial charge < -0.3 is 20.3 Å². The average Bonchev–Trinajstić information content (AvgIpc) is 3.43. The smallest absolute Gasteiger partial charge is 0.251 e. The first kappa shape index (κ1) is 24.5. The molecule has 2 fully saturated rings. The van der Waals surface area contributed by atoms with Gasteiger partial charge in [-0.3, -0.25) is 9.59 Å². The summed E-state index contributed by atoms with van der Waals surface area (Å²) in [6.45, 7) is 0.737. The third kappa shape index (κ3) is 4.53. The van der Waals surface area contributed by atoms with Crippen LogP contribution in [0, 0.1) is 11.8 Å². The number of hydrogen-bond acceptors (Lipinski definition) is 4. The van der Waals surface area contributed by atoms with E-state index in [0.717, 1.165) is 44.3 Å². The van der Waals surface area contributed by atoms with E-state index < -0.39 is 0 Å². The standard InChI is InChI=1S/C32H35N3O3/c1-38-23-13-9-12-22(20-23)31(36)34-28-17-8-6-15-25(28)32(37)35-19-18-26-29(21-10-3-2-4-11-21)33-27-16-7-5-14-24(27)30(26)35/h2-5,7,9-14,16,20,25-26,28-30,33H,6,8,15,17-19H2,1H3,(H,34,36)/t25-,26-,28+,29-,30-/m0/s1. The number of ether oxygens (including phenoxy) is 1. The van der Waals surface area contributed by atoms with Crippen molar-refractivity contribution >= 4 is 17.5 Å². The zero-order valence-corrected chi connectivity index (χ0v) is 21.8. The molecule has 2 N–H and O–H groups in total. The Balaban J connectivity index is 1.26. The summed E-state index contributed by atoms with van der Waals surface area (Å²) in [4.78, 5) is 29.6. The number of methoxy groups -OCH3 is 1. The van der Waals surface area contributed by atoms with Crippen LogP contribution in [0.15, 0.2) is 78.9 Å². The largest absolute Gasteiger partial charge is 0.497 e. The molecule has 2 heterocycles. The van der Waals surface area contributed by atoms with E-state index in [1.165, 1.54) is 11.1 Å². The van der Waals surface area contributed by atoms with Gasteiger partial charge in [-0.2, -0.15) is 0 Å². The minimum absolute atomic E-state index is 0.0295. The predicted octanol–water partition coefficient (Wildman–Crippen LogP) is 5.74. The van der Waals surface area contributed by atoms with E-state index in [1.54, 1.807) is 19.2 Å². The van der Waals surface area contributed by atoms with Crippen LogP contribution in [0.2, 0.25) is 0 Å². The van der Waals surface area contributed by atoms with Gasteiger partial charge in [-0.15, -0.1) is 0 Å². The summed E-state index contributed by atoms with van der Waals surface area (Å²) < 4.78 is 5.30. The summed E-state index contributed by atoms with van der Waals surface area (Å²) in [6.07, 6.45) is 4.60. The monoisotopic (exact) mass is 509 g/mol. The Morgan fingerprint density at radius 1 is 0.921 bits per heavy atom. The second kappa shape index (κ2) is 10.5. The number of anilines is 1. The molecule has 0 bridgehead atoms. The quantitative estimate of drug-likeness (QED) is 0.460. The number of hydrogen-bond donors (Lipinski definition) is 2. The fourth-order valence-electron chi connectivity index (χ4n) is 6.79. The zero-order chi connectivity index (χ0) is 26.1. The van der Waals surface area contributed by atoms with Crippen LogP contribution in [0.1, 0.15) is 65.7 Å². The molecule has 3 aromatic rings. The first-order valence-electron chi connectivity index (χ1n) is 13.8. The number of nitrogens with one attached hydrogen (secondary N) is 2. The van der Waals surface area contributed by atoms with Crippen LogP contribution in [0.4, 0.5) is 5.69 Å². The number of benzene rings is 3. The minimum Gasteiger partial charge on any atom is -0.497 e. The molecule has 0 unspecified atom stereocenters. The first-order valence-corrected chi connectivity index (χ1v) is 13.8. The highest BCUT2D eigenvalue weighted by Crippen LogP contribution is 2.51. The van der Waals surface area contributed by atoms with Gasteiger partial charge in [-0.25, -0.2) is 0 Å². The molecule has 3 aromatic carbocycles. The summed E-state index contributed by atoms with van der Waals surface area (Å²) in [5, 5.41) is 6.99. The lowest BCUT2D eigenvalue weighted by molar-refractivity contribution is -0.138. The third-order valence-corrected chi connectivity index (χ3v) is 8.64. The topological polar surface area (TPSA) is 70.7 Å². The normalized spacial score (nSPS) is 26.0. The van der Waals surface area contributed by atoms with E-state index in [9.17, 15) is 9.59 Å². The van der Waals surface area contributed by atoms with Gasteiger partial charge in [0.2, 0.25) is 5.91 Å². The van der Waals surface area contributed by atoms with Gasteiger partial charge in [0.25, 0.3) is 5.91 Å². The molecular formula is C32H35N3O3. The Morgan fingerprint density at radius 2 is 1.71 bits per heavy atom. The van der Waals surface area contributed by atoms with Gasteiger partial charge in [-0.05, 0) is 54.7 Å². The molecule has 6 rings (SSSR count). The van der Waals surface area contributed by atoms with E-state index >= 15 is 0 Å². The Kier molecular flexibility index (Phi) is 6.79. The molecule has 6 heteroatoms. The van der Waals surface area contributed by atoms with Crippen molar-refractivity contribution in [2.24, 2.45) is 11.8 Å². The second-order valence-corrected chi connectivity index (χ2v) is 10.8. The molecule has 1 aliphatic carbocycles. The number of carbonyl (C=O) groups is 2. The molecule has 3 aliphatic rings. The molecule has 2 amide bonds. The third-order valence-electron chi connectivity index (χ3n) is 8.64. The van der Waals surface area contributed by atoms with Gasteiger partial charge in [0.1, 0.15) is 5.75 Å². The van der Waals surface area contributed by atoms with Crippen molar-refractivity contribution in [2.75, 3.05) is 19.0 Å². The second-order valence-electron chi connectivity index (χ2n) is 10.8. The summed E-state index contributed by atoms with van der Waals surface area (Å²) in [5.74, 6) is 0.759. The number of likely N-dealkylation sites (tertiary alicyclic amines) is 1. The maximum Gasteiger partial charge on any atom is 0.251 e. The molecule has 0 radical (unpaired) electrons. The van der Waals surface area contributed by atoms with Gasteiger partial charge >= 0.3 is 0 Å². The van der Waals surface area contributed by atoms with Gasteiger partial charge in [-0.1, -0.05) is 67.4 Å². The number of amides is 2. The lowest BCUT2D eigenvalue weighted by Gasteiger charge is -2.42.